The van der Waals surface area contributed by atoms with Crippen molar-refractivity contribution in [3.63, 3.8) is 0 Å². The molecule has 6 heteroatoms. The molecule has 0 unspecified atom stereocenters. The second-order valence-electron chi connectivity index (χ2n) is 4.28. The zero-order valence-corrected chi connectivity index (χ0v) is 11.1. The number of amides is 1. The van der Waals surface area contributed by atoms with Crippen LogP contribution in [0.15, 0.2) is 42.6 Å². The standard InChI is InChI=1S/C14H13N3O3/c1-10-13(8-12(9-15-10)17(19)20)14(18)16(2)11-6-4-3-5-7-11/h3-9H,1-2H3. The first-order valence-corrected chi connectivity index (χ1v) is 5.95. The van der Waals surface area contributed by atoms with E-state index < -0.39 is 4.92 Å². The van der Waals surface area contributed by atoms with Crippen molar-refractivity contribution in [2.45, 2.75) is 6.92 Å². The number of aryl methyl sites for hydroxylation is 1. The number of nitrogens with zero attached hydrogens (tertiary/aromatic N) is 3. The lowest BCUT2D eigenvalue weighted by Crippen LogP contribution is -2.27. The van der Waals surface area contributed by atoms with Crippen molar-refractivity contribution in [2.24, 2.45) is 0 Å². The maximum atomic E-state index is 12.4. The van der Waals surface area contributed by atoms with Crippen LogP contribution in [0.4, 0.5) is 11.4 Å². The molecule has 1 aromatic heterocycles. The van der Waals surface area contributed by atoms with Crippen molar-refractivity contribution in [1.29, 1.82) is 0 Å². The van der Waals surface area contributed by atoms with Gasteiger partial charge in [-0.05, 0) is 19.1 Å². The van der Waals surface area contributed by atoms with E-state index >= 15 is 0 Å². The van der Waals surface area contributed by atoms with Gasteiger partial charge in [-0.15, -0.1) is 0 Å². The molecule has 20 heavy (non-hydrogen) atoms. The van der Waals surface area contributed by atoms with E-state index in [0.717, 1.165) is 6.20 Å². The fraction of sp³-hybridized carbons (Fsp3) is 0.143. The maximum absolute atomic E-state index is 12.4. The lowest BCUT2D eigenvalue weighted by atomic mass is 10.1. The number of pyridine rings is 1. The summed E-state index contributed by atoms with van der Waals surface area (Å²) in [6, 6.07) is 10.3. The Morgan fingerprint density at radius 1 is 1.30 bits per heavy atom. The number of benzene rings is 1. The number of anilines is 1. The molecular formula is C14H13N3O3. The normalized spacial score (nSPS) is 10.1. The van der Waals surface area contributed by atoms with Gasteiger partial charge in [-0.2, -0.15) is 0 Å². The largest absolute Gasteiger partial charge is 0.311 e. The van der Waals surface area contributed by atoms with Gasteiger partial charge in [0, 0.05) is 18.8 Å². The zero-order chi connectivity index (χ0) is 14.7. The van der Waals surface area contributed by atoms with Gasteiger partial charge >= 0.3 is 0 Å². The fourth-order valence-corrected chi connectivity index (χ4v) is 1.79. The Bertz CT molecular complexity index is 656. The first kappa shape index (κ1) is 13.7. The molecule has 6 nitrogen and oxygen atoms in total. The number of rotatable bonds is 3. The average molecular weight is 271 g/mol. The molecule has 0 radical (unpaired) electrons. The first-order valence-electron chi connectivity index (χ1n) is 5.95. The number of nitro groups is 1. The molecule has 1 aromatic carbocycles. The predicted molar refractivity (Wildman–Crippen MR) is 74.8 cm³/mol. The van der Waals surface area contributed by atoms with E-state index in [1.807, 2.05) is 18.2 Å². The zero-order valence-electron chi connectivity index (χ0n) is 11.1. The van der Waals surface area contributed by atoms with Gasteiger partial charge in [-0.1, -0.05) is 18.2 Å². The molecule has 102 valence electrons. The van der Waals surface area contributed by atoms with Crippen molar-refractivity contribution in [3.8, 4) is 0 Å². The monoisotopic (exact) mass is 271 g/mol. The third-order valence-electron chi connectivity index (χ3n) is 2.96. The Balaban J connectivity index is 2.38. The molecule has 0 atom stereocenters. The van der Waals surface area contributed by atoms with Gasteiger partial charge < -0.3 is 4.90 Å². The molecule has 0 aliphatic rings. The van der Waals surface area contributed by atoms with Crippen LogP contribution in [-0.2, 0) is 0 Å². The molecule has 1 heterocycles. The minimum Gasteiger partial charge on any atom is -0.311 e. The molecule has 0 aliphatic heterocycles. The highest BCUT2D eigenvalue weighted by Crippen LogP contribution is 2.19. The van der Waals surface area contributed by atoms with E-state index in [1.54, 1.807) is 26.1 Å². The van der Waals surface area contributed by atoms with E-state index in [0.29, 0.717) is 11.4 Å². The SMILES string of the molecule is Cc1ncc([N+](=O)[O-])cc1C(=O)N(C)c1ccccc1. The smallest absolute Gasteiger partial charge is 0.288 e. The van der Waals surface area contributed by atoms with Crippen LogP contribution in [0.1, 0.15) is 16.1 Å². The highest BCUT2D eigenvalue weighted by molar-refractivity contribution is 6.06. The third-order valence-corrected chi connectivity index (χ3v) is 2.96. The van der Waals surface area contributed by atoms with Crippen LogP contribution in [0.5, 0.6) is 0 Å². The van der Waals surface area contributed by atoms with Gasteiger partial charge in [0.15, 0.2) is 0 Å². The minimum absolute atomic E-state index is 0.194. The number of carbonyl (C=O) groups is 1. The third kappa shape index (κ3) is 2.64. The Hall–Kier alpha value is -2.76. The molecule has 0 bridgehead atoms. The summed E-state index contributed by atoms with van der Waals surface area (Å²) in [6.07, 6.45) is 1.15. The van der Waals surface area contributed by atoms with Gasteiger partial charge in [0.25, 0.3) is 11.6 Å². The van der Waals surface area contributed by atoms with Crippen LogP contribution in [-0.4, -0.2) is 22.9 Å². The van der Waals surface area contributed by atoms with Crippen LogP contribution in [0.3, 0.4) is 0 Å². The molecule has 0 spiro atoms. The Kier molecular flexibility index (Phi) is 3.74. The summed E-state index contributed by atoms with van der Waals surface area (Å²) in [5, 5.41) is 10.8. The van der Waals surface area contributed by atoms with Crippen LogP contribution in [0, 0.1) is 17.0 Å². The maximum Gasteiger partial charge on any atom is 0.288 e. The highest BCUT2D eigenvalue weighted by Gasteiger charge is 2.19. The summed E-state index contributed by atoms with van der Waals surface area (Å²) in [5.41, 5.74) is 1.21. The molecule has 1 amide bonds. The molecule has 2 aromatic rings. The van der Waals surface area contributed by atoms with E-state index in [9.17, 15) is 14.9 Å². The molecule has 0 fully saturated rings. The highest BCUT2D eigenvalue weighted by atomic mass is 16.6. The summed E-state index contributed by atoms with van der Waals surface area (Å²) < 4.78 is 0. The summed E-state index contributed by atoms with van der Waals surface area (Å²) in [5.74, 6) is -0.329. The second-order valence-corrected chi connectivity index (χ2v) is 4.28. The molecule has 0 saturated carbocycles. The number of para-hydroxylation sites is 1. The number of hydrogen-bond donors (Lipinski definition) is 0. The van der Waals surface area contributed by atoms with Crippen molar-refractivity contribution in [1.82, 2.24) is 4.98 Å². The quantitative estimate of drug-likeness (QED) is 0.635. The molecule has 2 rings (SSSR count). The predicted octanol–water partition coefficient (Wildman–Crippen LogP) is 2.57. The Labute approximate surface area is 115 Å². The van der Waals surface area contributed by atoms with Gasteiger partial charge in [-0.3, -0.25) is 19.9 Å². The van der Waals surface area contributed by atoms with Gasteiger partial charge in [0.2, 0.25) is 0 Å². The van der Waals surface area contributed by atoms with Crippen molar-refractivity contribution < 1.29 is 9.72 Å². The van der Waals surface area contributed by atoms with Crippen LogP contribution < -0.4 is 4.90 Å². The number of carbonyl (C=O) groups excluding carboxylic acids is 1. The summed E-state index contributed by atoms with van der Waals surface area (Å²) in [6.45, 7) is 1.65. The Morgan fingerprint density at radius 3 is 2.55 bits per heavy atom. The summed E-state index contributed by atoms with van der Waals surface area (Å²) in [4.78, 5) is 28.0. The van der Waals surface area contributed by atoms with Gasteiger partial charge in [0.1, 0.15) is 6.20 Å². The lowest BCUT2D eigenvalue weighted by Gasteiger charge is -2.17. The molecule has 0 N–H and O–H groups in total. The number of hydrogen-bond acceptors (Lipinski definition) is 4. The summed E-state index contributed by atoms with van der Waals surface area (Å²) >= 11 is 0. The van der Waals surface area contributed by atoms with E-state index in [4.69, 9.17) is 0 Å². The first-order chi connectivity index (χ1) is 9.50. The summed E-state index contributed by atoms with van der Waals surface area (Å²) in [7, 11) is 1.62. The molecule has 0 saturated heterocycles. The second kappa shape index (κ2) is 5.48. The minimum atomic E-state index is -0.564. The van der Waals surface area contributed by atoms with Crippen LogP contribution >= 0.6 is 0 Å². The van der Waals surface area contributed by atoms with Gasteiger partial charge in [0.05, 0.1) is 16.2 Å². The topological polar surface area (TPSA) is 76.3 Å². The van der Waals surface area contributed by atoms with Gasteiger partial charge in [-0.25, -0.2) is 0 Å². The van der Waals surface area contributed by atoms with E-state index in [2.05, 4.69) is 4.98 Å². The molecule has 0 aliphatic carbocycles. The van der Waals surface area contributed by atoms with E-state index in [1.165, 1.54) is 11.0 Å². The van der Waals surface area contributed by atoms with Crippen molar-refractivity contribution in [3.05, 3.63) is 64.0 Å². The van der Waals surface area contributed by atoms with Crippen LogP contribution in [0.2, 0.25) is 0 Å². The van der Waals surface area contributed by atoms with Crippen LogP contribution in [0.25, 0.3) is 0 Å². The number of aromatic nitrogens is 1. The van der Waals surface area contributed by atoms with Crippen molar-refractivity contribution >= 4 is 17.3 Å². The Morgan fingerprint density at radius 2 is 1.95 bits per heavy atom. The molecular weight excluding hydrogens is 258 g/mol. The fourth-order valence-electron chi connectivity index (χ4n) is 1.79. The van der Waals surface area contributed by atoms with E-state index in [-0.39, 0.29) is 17.2 Å². The van der Waals surface area contributed by atoms with Crippen molar-refractivity contribution in [2.75, 3.05) is 11.9 Å². The lowest BCUT2D eigenvalue weighted by molar-refractivity contribution is -0.385. The average Bonchev–Trinajstić information content (AvgIpc) is 2.47.